The predicted molar refractivity (Wildman–Crippen MR) is 88.3 cm³/mol. The normalized spacial score (nSPS) is 14.7. The average molecular weight is 327 g/mol. The second-order valence-corrected chi connectivity index (χ2v) is 5.25. The van der Waals surface area contributed by atoms with Gasteiger partial charge in [-0.3, -0.25) is 0 Å². The van der Waals surface area contributed by atoms with Crippen molar-refractivity contribution in [3.05, 3.63) is 53.7 Å². The molecule has 3 rings (SSSR count). The highest BCUT2D eigenvalue weighted by atomic mass is 16.5. The molecule has 0 saturated carbocycles. The quantitative estimate of drug-likeness (QED) is 0.806. The van der Waals surface area contributed by atoms with E-state index in [1.54, 1.807) is 4.90 Å². The zero-order valence-corrected chi connectivity index (χ0v) is 13.4. The van der Waals surface area contributed by atoms with Crippen molar-refractivity contribution in [3.63, 3.8) is 0 Å². The molecule has 24 heavy (non-hydrogen) atoms. The van der Waals surface area contributed by atoms with E-state index in [1.807, 2.05) is 42.5 Å². The van der Waals surface area contributed by atoms with Gasteiger partial charge in [0.2, 0.25) is 0 Å². The lowest BCUT2D eigenvalue weighted by Crippen LogP contribution is -2.38. The fraction of sp³-hybridized carbons (Fsp3) is 0.222. The van der Waals surface area contributed by atoms with Crippen LogP contribution in [0.25, 0.3) is 10.8 Å². The maximum Gasteiger partial charge on any atom is 0.355 e. The van der Waals surface area contributed by atoms with E-state index in [2.05, 4.69) is 0 Å². The third-order valence-electron chi connectivity index (χ3n) is 3.88. The summed E-state index contributed by atoms with van der Waals surface area (Å²) in [5, 5.41) is 2.10. The van der Waals surface area contributed by atoms with E-state index < -0.39 is 11.9 Å². The molecule has 1 aliphatic rings. The first-order valence-electron chi connectivity index (χ1n) is 7.39. The Balaban J connectivity index is 2.12. The topological polar surface area (TPSA) is 65.1 Å². The van der Waals surface area contributed by atoms with Gasteiger partial charge in [-0.25, -0.2) is 9.59 Å². The highest BCUT2D eigenvalue weighted by Crippen LogP contribution is 2.29. The Labute approximate surface area is 139 Å². The molecule has 1 heterocycles. The summed E-state index contributed by atoms with van der Waals surface area (Å²) in [5.74, 6) is -1.22. The zero-order valence-electron chi connectivity index (χ0n) is 13.4. The molecule has 0 radical (unpaired) electrons. The maximum absolute atomic E-state index is 12.3. The van der Waals surface area contributed by atoms with Gasteiger partial charge in [-0.1, -0.05) is 30.3 Å². The number of rotatable bonds is 3. The number of fused-ring (bicyclic) bond motifs is 1. The number of hydrogen-bond donors (Lipinski definition) is 0. The van der Waals surface area contributed by atoms with E-state index >= 15 is 0 Å². The number of methoxy groups -OCH3 is 2. The van der Waals surface area contributed by atoms with Gasteiger partial charge < -0.3 is 19.1 Å². The van der Waals surface area contributed by atoms with E-state index in [0.717, 1.165) is 16.5 Å². The summed E-state index contributed by atoms with van der Waals surface area (Å²) < 4.78 is 15.1. The maximum atomic E-state index is 12.3. The second-order valence-electron chi connectivity index (χ2n) is 5.25. The van der Waals surface area contributed by atoms with Crippen LogP contribution in [0.5, 0.6) is 0 Å². The summed E-state index contributed by atoms with van der Waals surface area (Å²) in [6.07, 6.45) is 0. The molecule has 0 aromatic heterocycles. The van der Waals surface area contributed by atoms with E-state index in [4.69, 9.17) is 14.2 Å². The van der Waals surface area contributed by atoms with Gasteiger partial charge in [-0.15, -0.1) is 0 Å². The van der Waals surface area contributed by atoms with Crippen molar-refractivity contribution in [3.8, 4) is 0 Å². The Morgan fingerprint density at radius 1 is 1.00 bits per heavy atom. The molecule has 0 aliphatic carbocycles. The molecule has 6 heteroatoms. The first-order valence-corrected chi connectivity index (χ1v) is 7.39. The molecule has 0 spiro atoms. The molecule has 0 bridgehead atoms. The number of ether oxygens (including phenoxy) is 3. The van der Waals surface area contributed by atoms with Crippen molar-refractivity contribution in [1.29, 1.82) is 0 Å². The van der Waals surface area contributed by atoms with Crippen LogP contribution in [0, 0.1) is 0 Å². The number of nitrogens with zero attached hydrogens (tertiary/aromatic N) is 1. The highest BCUT2D eigenvalue weighted by molar-refractivity contribution is 6.03. The summed E-state index contributed by atoms with van der Waals surface area (Å²) in [7, 11) is 2.54. The van der Waals surface area contributed by atoms with E-state index in [0.29, 0.717) is 0 Å². The summed E-state index contributed by atoms with van der Waals surface area (Å²) in [6.45, 7) is 0.143. The van der Waals surface area contributed by atoms with Gasteiger partial charge in [-0.2, -0.15) is 0 Å². The van der Waals surface area contributed by atoms with E-state index in [-0.39, 0.29) is 24.6 Å². The van der Waals surface area contributed by atoms with Crippen LogP contribution >= 0.6 is 0 Å². The summed E-state index contributed by atoms with van der Waals surface area (Å²) >= 11 is 0. The lowest BCUT2D eigenvalue weighted by molar-refractivity contribution is -0.140. The SMILES string of the molecule is COC(=O)C1=C(C(=O)OC)N(c2ccc3ccccc3c2)COC1. The third kappa shape index (κ3) is 2.83. The minimum absolute atomic E-state index is 0.00118. The molecule has 2 aromatic rings. The minimum atomic E-state index is -0.610. The van der Waals surface area contributed by atoms with Gasteiger partial charge in [0.05, 0.1) is 26.4 Å². The summed E-state index contributed by atoms with van der Waals surface area (Å²) in [4.78, 5) is 25.9. The van der Waals surface area contributed by atoms with Gasteiger partial charge in [0.1, 0.15) is 12.4 Å². The molecule has 0 N–H and O–H groups in total. The lowest BCUT2D eigenvalue weighted by atomic mass is 10.1. The first kappa shape index (κ1) is 16.0. The van der Waals surface area contributed by atoms with Crippen LogP contribution in [-0.4, -0.2) is 39.5 Å². The van der Waals surface area contributed by atoms with Crippen molar-refractivity contribution in [2.45, 2.75) is 0 Å². The fourth-order valence-electron chi connectivity index (χ4n) is 2.69. The van der Waals surface area contributed by atoms with Gasteiger partial charge in [0, 0.05) is 5.69 Å². The standard InChI is InChI=1S/C18H17NO5/c1-22-17(20)15-10-24-11-19(16(15)18(21)23-2)14-8-7-12-5-3-4-6-13(12)9-14/h3-9H,10-11H2,1-2H3. The highest BCUT2D eigenvalue weighted by Gasteiger charge is 2.32. The van der Waals surface area contributed by atoms with Gasteiger partial charge in [0.25, 0.3) is 0 Å². The second kappa shape index (κ2) is 6.72. The third-order valence-corrected chi connectivity index (χ3v) is 3.88. The lowest BCUT2D eigenvalue weighted by Gasteiger charge is -2.31. The van der Waals surface area contributed by atoms with Gasteiger partial charge in [-0.05, 0) is 22.9 Å². The fourth-order valence-corrected chi connectivity index (χ4v) is 2.69. The van der Waals surface area contributed by atoms with Crippen molar-refractivity contribution in [2.24, 2.45) is 0 Å². The smallest absolute Gasteiger partial charge is 0.355 e. The molecule has 1 aliphatic heterocycles. The Morgan fingerprint density at radius 3 is 2.42 bits per heavy atom. The number of anilines is 1. The Hall–Kier alpha value is -2.86. The number of hydrogen-bond acceptors (Lipinski definition) is 6. The monoisotopic (exact) mass is 327 g/mol. The Morgan fingerprint density at radius 2 is 1.71 bits per heavy atom. The van der Waals surface area contributed by atoms with Crippen LogP contribution in [0.3, 0.4) is 0 Å². The van der Waals surface area contributed by atoms with Gasteiger partial charge >= 0.3 is 11.9 Å². The zero-order chi connectivity index (χ0) is 17.1. The molecule has 0 unspecified atom stereocenters. The van der Waals surface area contributed by atoms with Crippen molar-refractivity contribution >= 4 is 28.4 Å². The molecule has 6 nitrogen and oxygen atoms in total. The van der Waals surface area contributed by atoms with Crippen LogP contribution < -0.4 is 4.90 Å². The molecule has 0 fully saturated rings. The molecular weight excluding hydrogens is 310 g/mol. The van der Waals surface area contributed by atoms with Crippen LogP contribution in [0.2, 0.25) is 0 Å². The first-order chi connectivity index (χ1) is 11.7. The molecule has 0 saturated heterocycles. The predicted octanol–water partition coefficient (Wildman–Crippen LogP) is 2.23. The van der Waals surface area contributed by atoms with Crippen LogP contribution in [0.4, 0.5) is 5.69 Å². The molecule has 0 atom stereocenters. The largest absolute Gasteiger partial charge is 0.466 e. The van der Waals surface area contributed by atoms with Crippen LogP contribution in [0.1, 0.15) is 0 Å². The van der Waals surface area contributed by atoms with E-state index in [9.17, 15) is 9.59 Å². The average Bonchev–Trinajstić information content (AvgIpc) is 2.65. The van der Waals surface area contributed by atoms with Crippen molar-refractivity contribution < 1.29 is 23.8 Å². The molecule has 0 amide bonds. The number of esters is 2. The minimum Gasteiger partial charge on any atom is -0.466 e. The molecule has 2 aromatic carbocycles. The van der Waals surface area contributed by atoms with Crippen LogP contribution in [-0.2, 0) is 23.8 Å². The number of carbonyl (C=O) groups excluding carboxylic acids is 2. The summed E-state index contributed by atoms with van der Waals surface area (Å²) in [5.41, 5.74) is 1.02. The van der Waals surface area contributed by atoms with Gasteiger partial charge in [0.15, 0.2) is 0 Å². The number of carbonyl (C=O) groups is 2. The van der Waals surface area contributed by atoms with Crippen molar-refractivity contribution in [2.75, 3.05) is 32.5 Å². The Kier molecular flexibility index (Phi) is 4.48. The number of benzene rings is 2. The van der Waals surface area contributed by atoms with Crippen LogP contribution in [0.15, 0.2) is 53.7 Å². The van der Waals surface area contributed by atoms with E-state index in [1.165, 1.54) is 14.2 Å². The molecule has 124 valence electrons. The Bertz CT molecular complexity index is 827. The molecular formula is C18H17NO5. The van der Waals surface area contributed by atoms with Crippen molar-refractivity contribution in [1.82, 2.24) is 0 Å². The summed E-state index contributed by atoms with van der Waals surface area (Å²) in [6, 6.07) is 13.6.